The number of hydrogen-bond donors (Lipinski definition) is 5. The lowest BCUT2D eigenvalue weighted by atomic mass is 9.84. The van der Waals surface area contributed by atoms with Gasteiger partial charge in [-0.15, -0.1) is 4.99 Å². The summed E-state index contributed by atoms with van der Waals surface area (Å²) in [4.78, 5) is 55.9. The molecular weight excluding hydrogens is 608 g/mol. The molecule has 2 rings (SSSR count). The van der Waals surface area contributed by atoms with Gasteiger partial charge in [0.2, 0.25) is 21.9 Å². The van der Waals surface area contributed by atoms with Crippen LogP contribution >= 0.6 is 0 Å². The van der Waals surface area contributed by atoms with Crippen LogP contribution in [0.15, 0.2) is 16.6 Å². The summed E-state index contributed by atoms with van der Waals surface area (Å²) in [6, 6.07) is -2.75. The average Bonchev–Trinajstić information content (AvgIpc) is 2.85. The zero-order valence-corrected chi connectivity index (χ0v) is 28.4. The van der Waals surface area contributed by atoms with E-state index in [0.717, 1.165) is 6.42 Å². The van der Waals surface area contributed by atoms with E-state index in [1.54, 1.807) is 47.6 Å². The van der Waals surface area contributed by atoms with Crippen molar-refractivity contribution in [1.82, 2.24) is 25.6 Å². The number of ether oxygens (including phenoxy) is 2. The molecule has 45 heavy (non-hydrogen) atoms. The van der Waals surface area contributed by atoms with Gasteiger partial charge in [0.25, 0.3) is 0 Å². The van der Waals surface area contributed by atoms with Crippen molar-refractivity contribution in [3.05, 3.63) is 11.6 Å². The highest BCUT2D eigenvalue weighted by Gasteiger charge is 2.41. The van der Waals surface area contributed by atoms with Gasteiger partial charge in [0.15, 0.2) is 0 Å². The minimum atomic E-state index is -3.51. The lowest BCUT2D eigenvalue weighted by molar-refractivity contribution is -0.133. The number of carboxylic acids is 1. The van der Waals surface area contributed by atoms with Crippen LogP contribution in [0.25, 0.3) is 0 Å². The van der Waals surface area contributed by atoms with Gasteiger partial charge >= 0.3 is 18.2 Å². The summed E-state index contributed by atoms with van der Waals surface area (Å²) < 4.78 is 38.6. The molecule has 0 radical (unpaired) electrons. The van der Waals surface area contributed by atoms with Crippen LogP contribution in [0.2, 0.25) is 0 Å². The summed E-state index contributed by atoms with van der Waals surface area (Å²) in [5.41, 5.74) is -1.75. The Hall–Kier alpha value is -3.24. The molecule has 1 fully saturated rings. The van der Waals surface area contributed by atoms with E-state index >= 15 is 0 Å². The quantitative estimate of drug-likeness (QED) is 0.179. The van der Waals surface area contributed by atoms with Gasteiger partial charge in [-0.25, -0.2) is 27.5 Å². The SMILES string of the molecule is CCCCS(=O)(=O)N[C@@H]1CCCN([C@@H]2C=C(C(=O)O)C[C@H](NC(=NC(=O)OC(C)(C)C)NC(=O)OC(C)(C)C)[C@H]2NC(C)=O)C1. The first kappa shape index (κ1) is 37.9. The number of nitrogens with one attached hydrogen (secondary N) is 4. The van der Waals surface area contributed by atoms with Crippen LogP contribution in [-0.2, 0) is 29.1 Å². The molecule has 1 saturated heterocycles. The number of piperidine rings is 1. The van der Waals surface area contributed by atoms with Crippen molar-refractivity contribution >= 4 is 40.0 Å². The number of hydrogen-bond acceptors (Lipinski definition) is 9. The number of unbranched alkanes of at least 4 members (excludes halogenated alkanes) is 1. The predicted molar refractivity (Wildman–Crippen MR) is 168 cm³/mol. The Morgan fingerprint density at radius 3 is 2.27 bits per heavy atom. The van der Waals surface area contributed by atoms with Gasteiger partial charge < -0.3 is 25.2 Å². The average molecular weight is 659 g/mol. The number of carboxylic acid groups (broad SMARTS) is 1. The van der Waals surface area contributed by atoms with E-state index < -0.39 is 69.5 Å². The van der Waals surface area contributed by atoms with E-state index in [9.17, 15) is 32.7 Å². The number of aliphatic imine (C=N–C) groups is 1. The van der Waals surface area contributed by atoms with E-state index in [1.165, 1.54) is 6.92 Å². The smallest absolute Gasteiger partial charge is 0.437 e. The fourth-order valence-corrected chi connectivity index (χ4v) is 6.59. The molecule has 0 aromatic carbocycles. The van der Waals surface area contributed by atoms with E-state index in [0.29, 0.717) is 25.8 Å². The molecule has 1 heterocycles. The number of guanidine groups is 1. The van der Waals surface area contributed by atoms with Crippen molar-refractivity contribution in [2.45, 2.75) is 123 Å². The van der Waals surface area contributed by atoms with Gasteiger partial charge in [-0.2, -0.15) is 0 Å². The normalized spacial score (nSPS) is 23.4. The molecule has 0 saturated carbocycles. The number of rotatable bonds is 9. The third-order valence-electron chi connectivity index (χ3n) is 6.78. The van der Waals surface area contributed by atoms with Crippen molar-refractivity contribution in [2.75, 3.05) is 18.8 Å². The third-order valence-corrected chi connectivity index (χ3v) is 8.30. The van der Waals surface area contributed by atoms with E-state index in [1.807, 2.05) is 11.8 Å². The first-order valence-corrected chi connectivity index (χ1v) is 16.9. The largest absolute Gasteiger partial charge is 0.478 e. The number of sulfonamides is 1. The molecule has 1 aliphatic carbocycles. The first-order valence-electron chi connectivity index (χ1n) is 15.2. The minimum Gasteiger partial charge on any atom is -0.478 e. The topological polar surface area (TPSA) is 205 Å². The molecule has 0 aromatic heterocycles. The number of alkyl carbamates (subject to hydrolysis) is 1. The van der Waals surface area contributed by atoms with Crippen molar-refractivity contribution < 1.29 is 42.2 Å². The molecule has 16 heteroatoms. The summed E-state index contributed by atoms with van der Waals surface area (Å²) >= 11 is 0. The van der Waals surface area contributed by atoms with Gasteiger partial charge in [0.1, 0.15) is 11.2 Å². The van der Waals surface area contributed by atoms with Crippen molar-refractivity contribution in [1.29, 1.82) is 0 Å². The molecule has 1 aliphatic heterocycles. The minimum absolute atomic E-state index is 0.0113. The van der Waals surface area contributed by atoms with Crippen LogP contribution in [0.4, 0.5) is 9.59 Å². The highest BCUT2D eigenvalue weighted by molar-refractivity contribution is 7.89. The Bertz CT molecular complexity index is 1250. The van der Waals surface area contributed by atoms with Crippen LogP contribution in [-0.4, -0.2) is 103 Å². The number of nitrogens with zero attached hydrogens (tertiary/aromatic N) is 2. The first-order chi connectivity index (χ1) is 20.7. The van der Waals surface area contributed by atoms with Gasteiger partial charge in [-0.05, 0) is 67.3 Å². The van der Waals surface area contributed by atoms with Gasteiger partial charge in [0, 0.05) is 31.5 Å². The zero-order valence-electron chi connectivity index (χ0n) is 27.6. The molecule has 256 valence electrons. The molecule has 0 unspecified atom stereocenters. The van der Waals surface area contributed by atoms with Crippen LogP contribution in [0.3, 0.4) is 0 Å². The Balaban J connectivity index is 2.46. The van der Waals surface area contributed by atoms with Gasteiger partial charge in [-0.3, -0.25) is 15.0 Å². The molecule has 5 N–H and O–H groups in total. The number of carbonyl (C=O) groups excluding carboxylic acids is 3. The molecule has 15 nitrogen and oxygen atoms in total. The van der Waals surface area contributed by atoms with E-state index in [4.69, 9.17) is 9.47 Å². The molecule has 2 aliphatic rings. The molecule has 0 bridgehead atoms. The lowest BCUT2D eigenvalue weighted by Crippen LogP contribution is -2.65. The standard InChI is InChI=1S/C29H50N6O9S/c1-9-10-14-45(41,42)34-20-12-11-13-35(17-20)22-16-19(24(37)38)15-21(23(22)30-18(2)36)31-25(32-26(39)43-28(3,4)5)33-27(40)44-29(6,7)8/h16,20-23,34H,9-15,17H2,1-8H3,(H,30,36)(H,37,38)(H2,31,32,33,39,40)/t20-,21+,22-,23-/m1/s1. The number of carbonyl (C=O) groups is 4. The molecule has 4 atom stereocenters. The van der Waals surface area contributed by atoms with E-state index in [-0.39, 0.29) is 30.3 Å². The summed E-state index contributed by atoms with van der Waals surface area (Å²) in [5.74, 6) is -1.93. The highest BCUT2D eigenvalue weighted by atomic mass is 32.2. The van der Waals surface area contributed by atoms with Gasteiger partial charge in [0.05, 0.1) is 23.9 Å². The monoisotopic (exact) mass is 658 g/mol. The molecular formula is C29H50N6O9S. The van der Waals surface area contributed by atoms with Crippen LogP contribution in [0.1, 0.15) is 87.5 Å². The fourth-order valence-electron chi connectivity index (χ4n) is 5.10. The summed E-state index contributed by atoms with van der Waals surface area (Å²) in [5, 5.41) is 18.3. The fraction of sp³-hybridized carbons (Fsp3) is 0.759. The summed E-state index contributed by atoms with van der Waals surface area (Å²) in [6.07, 6.45) is 1.99. The highest BCUT2D eigenvalue weighted by Crippen LogP contribution is 2.27. The number of amides is 3. The second kappa shape index (κ2) is 15.9. The number of likely N-dealkylation sites (tertiary alicyclic amines) is 1. The molecule has 0 spiro atoms. The lowest BCUT2D eigenvalue weighted by Gasteiger charge is -2.45. The second-order valence-electron chi connectivity index (χ2n) is 13.4. The maximum absolute atomic E-state index is 12.7. The molecule has 3 amide bonds. The summed E-state index contributed by atoms with van der Waals surface area (Å²) in [6.45, 7) is 13.9. The maximum Gasteiger partial charge on any atom is 0.437 e. The summed E-state index contributed by atoms with van der Waals surface area (Å²) in [7, 11) is -3.51. The van der Waals surface area contributed by atoms with Crippen molar-refractivity contribution in [3.63, 3.8) is 0 Å². The second-order valence-corrected chi connectivity index (χ2v) is 15.2. The number of aliphatic carboxylic acids is 1. The van der Waals surface area contributed by atoms with E-state index in [2.05, 4.69) is 25.7 Å². The van der Waals surface area contributed by atoms with Crippen LogP contribution in [0.5, 0.6) is 0 Å². The van der Waals surface area contributed by atoms with Crippen LogP contribution in [0, 0.1) is 0 Å². The Morgan fingerprint density at radius 1 is 1.07 bits per heavy atom. The zero-order chi connectivity index (χ0) is 34.2. The molecule has 0 aromatic rings. The third kappa shape index (κ3) is 13.7. The van der Waals surface area contributed by atoms with Crippen molar-refractivity contribution in [3.8, 4) is 0 Å². The van der Waals surface area contributed by atoms with Gasteiger partial charge in [-0.1, -0.05) is 19.4 Å². The maximum atomic E-state index is 12.7. The Kier molecular flexibility index (Phi) is 13.4. The Labute approximate surface area is 266 Å². The predicted octanol–water partition coefficient (Wildman–Crippen LogP) is 2.23. The van der Waals surface area contributed by atoms with Crippen LogP contribution < -0.4 is 20.7 Å². The van der Waals surface area contributed by atoms with Crippen molar-refractivity contribution in [2.24, 2.45) is 4.99 Å². The Morgan fingerprint density at radius 2 is 1.71 bits per heavy atom.